The molecule has 1 aliphatic heterocycles. The number of carbonyl (C=O) groups is 1. The second-order valence-electron chi connectivity index (χ2n) is 7.20. The van der Waals surface area contributed by atoms with Crippen molar-refractivity contribution < 1.29 is 18.7 Å². The number of carbonyl (C=O) groups excluding carboxylic acids is 1. The maximum atomic E-state index is 14.4. The largest absolute Gasteiger partial charge is 0.389 e. The van der Waals surface area contributed by atoms with Crippen LogP contribution in [0.15, 0.2) is 48.8 Å². The fourth-order valence-corrected chi connectivity index (χ4v) is 3.60. The predicted molar refractivity (Wildman–Crippen MR) is 99.7 cm³/mol. The lowest BCUT2D eigenvalue weighted by atomic mass is 9.85. The van der Waals surface area contributed by atoms with Gasteiger partial charge in [0.05, 0.1) is 22.2 Å². The van der Waals surface area contributed by atoms with Gasteiger partial charge in [-0.05, 0) is 36.6 Å². The molecule has 0 radical (unpaired) electrons. The number of aliphatic hydroxyl groups is 1. The van der Waals surface area contributed by atoms with Crippen molar-refractivity contribution in [2.24, 2.45) is 0 Å². The first-order valence-corrected chi connectivity index (χ1v) is 9.10. The molecule has 0 atom stereocenters. The molecule has 5 nitrogen and oxygen atoms in total. The molecule has 1 aromatic heterocycles. The van der Waals surface area contributed by atoms with Gasteiger partial charge in [-0.25, -0.2) is 8.78 Å². The fraction of sp³-hybridized carbons (Fsp3) is 0.286. The van der Waals surface area contributed by atoms with E-state index >= 15 is 0 Å². The molecule has 2 heterocycles. The van der Waals surface area contributed by atoms with Crippen molar-refractivity contribution >= 4 is 16.9 Å². The van der Waals surface area contributed by atoms with Crippen LogP contribution in [0.2, 0.25) is 0 Å². The highest BCUT2D eigenvalue weighted by Gasteiger charge is 2.35. The summed E-state index contributed by atoms with van der Waals surface area (Å²) in [4.78, 5) is 22.5. The average molecular weight is 383 g/mol. The van der Waals surface area contributed by atoms with Gasteiger partial charge in [0, 0.05) is 38.0 Å². The second kappa shape index (κ2) is 7.24. The number of halogens is 2. The molecule has 0 spiro atoms. The minimum atomic E-state index is -0.970. The summed E-state index contributed by atoms with van der Waals surface area (Å²) in [5.41, 5.74) is 0.669. The maximum Gasteiger partial charge on any atom is 0.256 e. The number of aromatic nitrogens is 2. The highest BCUT2D eigenvalue weighted by Crippen LogP contribution is 2.28. The Hall–Kier alpha value is -2.93. The highest BCUT2D eigenvalue weighted by atomic mass is 19.1. The van der Waals surface area contributed by atoms with E-state index in [0.29, 0.717) is 43.4 Å². The topological polar surface area (TPSA) is 66.3 Å². The number of hydrogen-bond donors (Lipinski definition) is 1. The van der Waals surface area contributed by atoms with E-state index in [9.17, 15) is 18.7 Å². The van der Waals surface area contributed by atoms with E-state index in [1.54, 1.807) is 17.0 Å². The van der Waals surface area contributed by atoms with Crippen LogP contribution in [0.1, 0.15) is 28.8 Å². The Morgan fingerprint density at radius 1 is 1.04 bits per heavy atom. The molecule has 1 aliphatic rings. The van der Waals surface area contributed by atoms with Crippen molar-refractivity contribution in [2.75, 3.05) is 13.1 Å². The molecule has 0 aliphatic carbocycles. The van der Waals surface area contributed by atoms with E-state index in [1.807, 2.05) is 0 Å². The standard InChI is InChI=1S/C21H19F2N3O2/c22-15-3-1-14(2-4-15)13-21(28)5-9-26(10-6-21)20(27)16-11-18-19(12-17(16)23)25-8-7-24-18/h1-4,7-8,11-12,28H,5-6,9-10,13H2. The Balaban J connectivity index is 1.46. The number of likely N-dealkylation sites (tertiary alicyclic amines) is 1. The number of hydrogen-bond acceptors (Lipinski definition) is 4. The van der Waals surface area contributed by atoms with Gasteiger partial charge in [0.25, 0.3) is 5.91 Å². The number of benzene rings is 2. The van der Waals surface area contributed by atoms with Crippen LogP contribution >= 0.6 is 0 Å². The summed E-state index contributed by atoms with van der Waals surface area (Å²) >= 11 is 0. The molecule has 1 saturated heterocycles. The van der Waals surface area contributed by atoms with Crippen molar-refractivity contribution in [3.05, 3.63) is 71.6 Å². The van der Waals surface area contributed by atoms with Gasteiger partial charge in [-0.3, -0.25) is 14.8 Å². The zero-order valence-corrected chi connectivity index (χ0v) is 15.1. The summed E-state index contributed by atoms with van der Waals surface area (Å²) in [6, 6.07) is 8.65. The first-order chi connectivity index (χ1) is 13.4. The van der Waals surface area contributed by atoms with Crippen LogP contribution < -0.4 is 0 Å². The van der Waals surface area contributed by atoms with Gasteiger partial charge in [-0.2, -0.15) is 0 Å². The molecule has 4 rings (SSSR count). The van der Waals surface area contributed by atoms with Crippen molar-refractivity contribution in [3.63, 3.8) is 0 Å². The lowest BCUT2D eigenvalue weighted by molar-refractivity contribution is -0.0163. The normalized spacial score (nSPS) is 16.3. The van der Waals surface area contributed by atoms with Gasteiger partial charge in [-0.15, -0.1) is 0 Å². The third kappa shape index (κ3) is 3.71. The van der Waals surface area contributed by atoms with E-state index in [2.05, 4.69) is 9.97 Å². The zero-order chi connectivity index (χ0) is 19.7. The van der Waals surface area contributed by atoms with Gasteiger partial charge >= 0.3 is 0 Å². The second-order valence-corrected chi connectivity index (χ2v) is 7.20. The molecule has 28 heavy (non-hydrogen) atoms. The van der Waals surface area contributed by atoms with Gasteiger partial charge in [-0.1, -0.05) is 12.1 Å². The summed E-state index contributed by atoms with van der Waals surface area (Å²) in [6.07, 6.45) is 4.08. The van der Waals surface area contributed by atoms with Crippen LogP contribution in [0.3, 0.4) is 0 Å². The van der Waals surface area contributed by atoms with Gasteiger partial charge in [0.1, 0.15) is 11.6 Å². The van der Waals surface area contributed by atoms with E-state index in [1.165, 1.54) is 36.7 Å². The number of piperidine rings is 1. The molecular formula is C21H19F2N3O2. The molecular weight excluding hydrogens is 364 g/mol. The first-order valence-electron chi connectivity index (χ1n) is 9.10. The maximum absolute atomic E-state index is 14.4. The molecule has 0 unspecified atom stereocenters. The molecule has 2 aromatic carbocycles. The summed E-state index contributed by atoms with van der Waals surface area (Å²) in [6.45, 7) is 0.628. The molecule has 0 saturated carbocycles. The van der Waals surface area contributed by atoms with Crippen LogP contribution in [-0.2, 0) is 6.42 Å². The average Bonchev–Trinajstić information content (AvgIpc) is 2.69. The van der Waals surface area contributed by atoms with E-state index in [-0.39, 0.29) is 11.4 Å². The Kier molecular flexibility index (Phi) is 4.77. The lowest BCUT2D eigenvalue weighted by Crippen LogP contribution is -2.47. The third-order valence-electron chi connectivity index (χ3n) is 5.22. The smallest absolute Gasteiger partial charge is 0.256 e. The minimum absolute atomic E-state index is 0.0445. The van der Waals surface area contributed by atoms with Crippen molar-refractivity contribution in [2.45, 2.75) is 24.9 Å². The summed E-state index contributed by atoms with van der Waals surface area (Å²) in [5, 5.41) is 10.8. The molecule has 0 bridgehead atoms. The lowest BCUT2D eigenvalue weighted by Gasteiger charge is -2.38. The summed E-state index contributed by atoms with van der Waals surface area (Å²) in [7, 11) is 0. The van der Waals surface area contributed by atoms with Crippen LogP contribution in [0.5, 0.6) is 0 Å². The van der Waals surface area contributed by atoms with Crippen molar-refractivity contribution in [1.82, 2.24) is 14.9 Å². The minimum Gasteiger partial charge on any atom is -0.389 e. The van der Waals surface area contributed by atoms with E-state index in [0.717, 1.165) is 5.56 Å². The van der Waals surface area contributed by atoms with Gasteiger partial charge in [0.2, 0.25) is 0 Å². The Labute approximate surface area is 160 Å². The fourth-order valence-electron chi connectivity index (χ4n) is 3.60. The van der Waals surface area contributed by atoms with Crippen LogP contribution in [0.25, 0.3) is 11.0 Å². The van der Waals surface area contributed by atoms with E-state index in [4.69, 9.17) is 0 Å². The molecule has 1 fully saturated rings. The Morgan fingerprint density at radius 2 is 1.64 bits per heavy atom. The molecule has 7 heteroatoms. The van der Waals surface area contributed by atoms with Crippen molar-refractivity contribution in [1.29, 1.82) is 0 Å². The first kappa shape index (κ1) is 18.4. The van der Waals surface area contributed by atoms with Crippen LogP contribution in [0.4, 0.5) is 8.78 Å². The van der Waals surface area contributed by atoms with E-state index < -0.39 is 17.3 Å². The summed E-state index contributed by atoms with van der Waals surface area (Å²) in [5.74, 6) is -1.38. The van der Waals surface area contributed by atoms with Gasteiger partial charge < -0.3 is 10.0 Å². The van der Waals surface area contributed by atoms with Crippen LogP contribution in [-0.4, -0.2) is 44.6 Å². The number of amides is 1. The number of nitrogens with zero attached hydrogens (tertiary/aromatic N) is 3. The third-order valence-corrected chi connectivity index (χ3v) is 5.22. The predicted octanol–water partition coefficient (Wildman–Crippen LogP) is 3.12. The Bertz CT molecular complexity index is 1020. The molecule has 144 valence electrons. The van der Waals surface area contributed by atoms with Crippen LogP contribution in [0, 0.1) is 11.6 Å². The summed E-state index contributed by atoms with van der Waals surface area (Å²) < 4.78 is 27.4. The SMILES string of the molecule is O=C(c1cc2nccnc2cc1F)N1CCC(O)(Cc2ccc(F)cc2)CC1. The Morgan fingerprint density at radius 3 is 2.29 bits per heavy atom. The van der Waals surface area contributed by atoms with Crippen molar-refractivity contribution in [3.8, 4) is 0 Å². The molecule has 3 aromatic rings. The quantitative estimate of drug-likeness (QED) is 0.755. The molecule has 1 N–H and O–H groups in total. The van der Waals surface area contributed by atoms with Gasteiger partial charge in [0.15, 0.2) is 0 Å². The molecule has 1 amide bonds. The zero-order valence-electron chi connectivity index (χ0n) is 15.1. The number of rotatable bonds is 3. The monoisotopic (exact) mass is 383 g/mol. The number of fused-ring (bicyclic) bond motifs is 1. The highest BCUT2D eigenvalue weighted by molar-refractivity contribution is 5.97.